The number of nitrogens with one attached hydrogen (secondary N) is 2. The monoisotopic (exact) mass is 511 g/mol. The normalized spacial score (nSPS) is 10.5. The fraction of sp³-hybridized carbons (Fsp3) is 0.172. The lowest BCUT2D eigenvalue weighted by atomic mass is 10.0. The number of carbonyl (C=O) groups is 2. The zero-order valence-corrected chi connectivity index (χ0v) is 21.1. The van der Waals surface area contributed by atoms with E-state index in [0.717, 1.165) is 18.4 Å². The number of anilines is 1. The highest BCUT2D eigenvalue weighted by Gasteiger charge is 2.25. The number of hydrogen-bond acceptors (Lipinski definition) is 5. The summed E-state index contributed by atoms with van der Waals surface area (Å²) in [7, 11) is 0. The number of nitriles is 1. The molecule has 3 aromatic carbocycles. The summed E-state index contributed by atoms with van der Waals surface area (Å²) in [6.07, 6.45) is 1.46. The van der Waals surface area contributed by atoms with Crippen molar-refractivity contribution in [1.29, 1.82) is 5.26 Å². The molecule has 0 radical (unpaired) electrons. The number of unbranched alkanes of at least 4 members (excludes halogenated alkanes) is 1. The van der Waals surface area contributed by atoms with Gasteiger partial charge in [-0.05, 0) is 56.2 Å². The van der Waals surface area contributed by atoms with Crippen LogP contribution in [0.4, 0.5) is 5.82 Å². The summed E-state index contributed by atoms with van der Waals surface area (Å²) in [6.45, 7) is 2.99. The summed E-state index contributed by atoms with van der Waals surface area (Å²) >= 11 is 6.06. The maximum Gasteiger partial charge on any atom is 0.251 e. The molecule has 0 spiro atoms. The highest BCUT2D eigenvalue weighted by molar-refractivity contribution is 6.30. The van der Waals surface area contributed by atoms with E-state index in [9.17, 15) is 14.9 Å². The molecule has 1 aromatic heterocycles. The van der Waals surface area contributed by atoms with E-state index in [1.54, 1.807) is 53.2 Å². The van der Waals surface area contributed by atoms with Gasteiger partial charge in [0.05, 0.1) is 5.69 Å². The molecule has 1 amide bonds. The van der Waals surface area contributed by atoms with Crippen molar-refractivity contribution in [2.24, 2.45) is 0 Å². The largest absolute Gasteiger partial charge is 0.369 e. The van der Waals surface area contributed by atoms with E-state index in [1.807, 2.05) is 37.3 Å². The topological polar surface area (TPSA) is 99.8 Å². The lowest BCUT2D eigenvalue weighted by molar-refractivity contribution is 0.0952. The third kappa shape index (κ3) is 6.24. The zero-order chi connectivity index (χ0) is 26.2. The van der Waals surface area contributed by atoms with E-state index >= 15 is 0 Å². The number of nitrogens with zero attached hydrogens (tertiary/aromatic N) is 3. The summed E-state index contributed by atoms with van der Waals surface area (Å²) in [4.78, 5) is 25.5. The van der Waals surface area contributed by atoms with Crippen LogP contribution in [0.15, 0.2) is 78.9 Å². The van der Waals surface area contributed by atoms with Crippen molar-refractivity contribution in [3.8, 4) is 11.8 Å². The maximum absolute atomic E-state index is 13.3. The van der Waals surface area contributed by atoms with Gasteiger partial charge in [-0.25, -0.2) is 4.68 Å². The van der Waals surface area contributed by atoms with Crippen LogP contribution in [0.1, 0.15) is 50.4 Å². The lowest BCUT2D eigenvalue weighted by Crippen LogP contribution is -2.24. The number of ketones is 1. The number of rotatable bonds is 10. The van der Waals surface area contributed by atoms with E-state index in [2.05, 4.69) is 21.8 Å². The Morgan fingerprint density at radius 2 is 1.59 bits per heavy atom. The van der Waals surface area contributed by atoms with Crippen LogP contribution in [0.2, 0.25) is 5.02 Å². The van der Waals surface area contributed by atoms with Gasteiger partial charge in [-0.15, -0.1) is 0 Å². The lowest BCUT2D eigenvalue weighted by Gasteiger charge is -2.11. The van der Waals surface area contributed by atoms with Gasteiger partial charge in [-0.1, -0.05) is 59.6 Å². The third-order valence-electron chi connectivity index (χ3n) is 5.81. The van der Waals surface area contributed by atoms with Crippen molar-refractivity contribution in [2.45, 2.75) is 19.8 Å². The standard InChI is InChI=1S/C29H26ClN5O2/c1-20-9-11-21(12-10-20)27(36)26-25(19-31)28(35(34-26)24-15-13-23(30)14-16-24)32-17-5-6-18-33-29(37)22-7-3-2-4-8-22/h2-4,7-16,32H,5-6,17-18H2,1H3,(H,33,37). The van der Waals surface area contributed by atoms with E-state index in [-0.39, 0.29) is 22.9 Å². The number of aromatic nitrogens is 2. The SMILES string of the molecule is Cc1ccc(C(=O)c2nn(-c3ccc(Cl)cc3)c(NCCCCNC(=O)c3ccccc3)c2C#N)cc1. The highest BCUT2D eigenvalue weighted by Crippen LogP contribution is 2.26. The second-order valence-corrected chi connectivity index (χ2v) is 8.96. The van der Waals surface area contributed by atoms with Crippen LogP contribution in [0, 0.1) is 18.3 Å². The quantitative estimate of drug-likeness (QED) is 0.214. The molecule has 0 atom stereocenters. The second-order valence-electron chi connectivity index (χ2n) is 8.52. The van der Waals surface area contributed by atoms with E-state index in [0.29, 0.717) is 40.7 Å². The van der Waals surface area contributed by atoms with Crippen LogP contribution in [0.3, 0.4) is 0 Å². The zero-order valence-electron chi connectivity index (χ0n) is 20.4. The molecule has 4 aromatic rings. The van der Waals surface area contributed by atoms with E-state index < -0.39 is 0 Å². The average Bonchev–Trinajstić information content (AvgIpc) is 3.29. The number of amides is 1. The second kappa shape index (κ2) is 12.0. The van der Waals surface area contributed by atoms with Crippen molar-refractivity contribution >= 4 is 29.1 Å². The first-order valence-electron chi connectivity index (χ1n) is 12.0. The maximum atomic E-state index is 13.3. The number of hydrogen-bond donors (Lipinski definition) is 2. The number of benzene rings is 3. The Labute approximate surface area is 220 Å². The fourth-order valence-corrected chi connectivity index (χ4v) is 3.93. The van der Waals surface area contributed by atoms with Gasteiger partial charge in [0.2, 0.25) is 5.78 Å². The van der Waals surface area contributed by atoms with Crippen molar-refractivity contribution < 1.29 is 9.59 Å². The molecule has 1 heterocycles. The molecule has 0 bridgehead atoms. The molecule has 7 nitrogen and oxygen atoms in total. The molecule has 0 unspecified atom stereocenters. The molecular formula is C29H26ClN5O2. The summed E-state index contributed by atoms with van der Waals surface area (Å²) < 4.78 is 1.56. The Hall–Kier alpha value is -4.41. The third-order valence-corrected chi connectivity index (χ3v) is 6.07. The van der Waals surface area contributed by atoms with E-state index in [1.165, 1.54) is 0 Å². The first-order chi connectivity index (χ1) is 18.0. The Bertz CT molecular complexity index is 1420. The Morgan fingerprint density at radius 3 is 2.27 bits per heavy atom. The summed E-state index contributed by atoms with van der Waals surface area (Å²) in [5.41, 5.74) is 3.05. The van der Waals surface area contributed by atoms with Gasteiger partial charge in [0.15, 0.2) is 5.69 Å². The van der Waals surface area contributed by atoms with Crippen LogP contribution >= 0.6 is 11.6 Å². The molecule has 0 aliphatic carbocycles. The molecular weight excluding hydrogens is 486 g/mol. The molecule has 186 valence electrons. The molecule has 0 fully saturated rings. The number of aryl methyl sites for hydroxylation is 1. The summed E-state index contributed by atoms with van der Waals surface area (Å²) in [5.74, 6) is 0.00458. The van der Waals surface area contributed by atoms with Crippen LogP contribution in [0.5, 0.6) is 0 Å². The van der Waals surface area contributed by atoms with Gasteiger partial charge in [0.1, 0.15) is 17.5 Å². The van der Waals surface area contributed by atoms with Gasteiger partial charge in [-0.3, -0.25) is 9.59 Å². The van der Waals surface area contributed by atoms with Gasteiger partial charge in [0, 0.05) is 29.2 Å². The average molecular weight is 512 g/mol. The number of carbonyl (C=O) groups excluding carboxylic acids is 2. The number of halogens is 1. The van der Waals surface area contributed by atoms with Gasteiger partial charge >= 0.3 is 0 Å². The summed E-state index contributed by atoms with van der Waals surface area (Å²) in [5, 5.41) is 21.3. The minimum Gasteiger partial charge on any atom is -0.369 e. The van der Waals surface area contributed by atoms with Crippen molar-refractivity contribution in [3.05, 3.63) is 112 Å². The predicted molar refractivity (Wildman–Crippen MR) is 144 cm³/mol. The fourth-order valence-electron chi connectivity index (χ4n) is 3.81. The van der Waals surface area contributed by atoms with Crippen LogP contribution in [0.25, 0.3) is 5.69 Å². The smallest absolute Gasteiger partial charge is 0.251 e. The van der Waals surface area contributed by atoms with Gasteiger partial charge in [-0.2, -0.15) is 10.4 Å². The molecule has 0 aliphatic rings. The predicted octanol–water partition coefficient (Wildman–Crippen LogP) is 5.56. The first kappa shape index (κ1) is 25.7. The first-order valence-corrected chi connectivity index (χ1v) is 12.3. The van der Waals surface area contributed by atoms with Crippen molar-refractivity contribution in [2.75, 3.05) is 18.4 Å². The molecule has 8 heteroatoms. The molecule has 0 saturated heterocycles. The minimum absolute atomic E-state index is 0.0823. The minimum atomic E-state index is -0.323. The summed E-state index contributed by atoms with van der Waals surface area (Å²) in [6, 6.07) is 25.4. The van der Waals surface area contributed by atoms with Crippen molar-refractivity contribution in [3.63, 3.8) is 0 Å². The van der Waals surface area contributed by atoms with Crippen LogP contribution in [-0.4, -0.2) is 34.6 Å². The molecule has 4 rings (SSSR count). The molecule has 2 N–H and O–H groups in total. The Morgan fingerprint density at radius 1 is 0.919 bits per heavy atom. The molecule has 0 saturated carbocycles. The molecule has 0 aliphatic heterocycles. The highest BCUT2D eigenvalue weighted by atomic mass is 35.5. The van der Waals surface area contributed by atoms with Crippen LogP contribution in [-0.2, 0) is 0 Å². The Kier molecular flexibility index (Phi) is 8.34. The van der Waals surface area contributed by atoms with Crippen LogP contribution < -0.4 is 10.6 Å². The Balaban J connectivity index is 1.49. The van der Waals surface area contributed by atoms with Gasteiger partial charge < -0.3 is 10.6 Å². The van der Waals surface area contributed by atoms with Crippen molar-refractivity contribution in [1.82, 2.24) is 15.1 Å². The van der Waals surface area contributed by atoms with E-state index in [4.69, 9.17) is 11.6 Å². The molecule has 37 heavy (non-hydrogen) atoms. The van der Waals surface area contributed by atoms with Gasteiger partial charge in [0.25, 0.3) is 5.91 Å².